The van der Waals surface area contributed by atoms with Gasteiger partial charge in [-0.15, -0.1) is 0 Å². The van der Waals surface area contributed by atoms with E-state index in [0.29, 0.717) is 6.04 Å². The fourth-order valence-corrected chi connectivity index (χ4v) is 3.69. The van der Waals surface area contributed by atoms with E-state index < -0.39 is 5.60 Å². The Labute approximate surface area is 118 Å². The van der Waals surface area contributed by atoms with Gasteiger partial charge < -0.3 is 10.4 Å². The highest BCUT2D eigenvalue weighted by Gasteiger charge is 2.39. The molecule has 1 aliphatic heterocycles. The fourth-order valence-electron chi connectivity index (χ4n) is 3.69. The number of aliphatic hydroxyl groups is 1. The number of rotatable bonds is 8. The van der Waals surface area contributed by atoms with Gasteiger partial charge in [-0.05, 0) is 39.0 Å². The molecule has 1 saturated heterocycles. The molecule has 2 aliphatic rings. The average molecular weight is 268 g/mol. The monoisotopic (exact) mass is 268 g/mol. The molecule has 2 fully saturated rings. The summed E-state index contributed by atoms with van der Waals surface area (Å²) in [5.74, 6) is 0. The van der Waals surface area contributed by atoms with Crippen LogP contribution in [0.1, 0.15) is 65.7 Å². The molecule has 0 radical (unpaired) electrons. The summed E-state index contributed by atoms with van der Waals surface area (Å²) in [4.78, 5) is 2.66. The number of hydrogen-bond donors (Lipinski definition) is 2. The van der Waals surface area contributed by atoms with Crippen LogP contribution in [0, 0.1) is 0 Å². The first-order valence-electron chi connectivity index (χ1n) is 8.29. The van der Waals surface area contributed by atoms with Gasteiger partial charge in [-0.25, -0.2) is 0 Å². The van der Waals surface area contributed by atoms with Crippen molar-refractivity contribution >= 4 is 0 Å². The van der Waals surface area contributed by atoms with Gasteiger partial charge in [-0.3, -0.25) is 4.90 Å². The predicted octanol–water partition coefficient (Wildman–Crippen LogP) is 2.53. The minimum absolute atomic E-state index is 0.486. The molecule has 0 spiro atoms. The van der Waals surface area contributed by atoms with E-state index in [1.165, 1.54) is 25.8 Å². The second kappa shape index (κ2) is 6.55. The van der Waals surface area contributed by atoms with E-state index in [1.807, 2.05) is 0 Å². The van der Waals surface area contributed by atoms with Gasteiger partial charge in [0.15, 0.2) is 0 Å². The highest BCUT2D eigenvalue weighted by molar-refractivity contribution is 4.96. The molecule has 2 rings (SSSR count). The van der Waals surface area contributed by atoms with Gasteiger partial charge in [0, 0.05) is 31.2 Å². The van der Waals surface area contributed by atoms with Gasteiger partial charge in [0.25, 0.3) is 0 Å². The van der Waals surface area contributed by atoms with Crippen molar-refractivity contribution in [1.82, 2.24) is 10.2 Å². The molecule has 0 aromatic heterocycles. The molecule has 2 atom stereocenters. The van der Waals surface area contributed by atoms with Crippen LogP contribution in [-0.4, -0.2) is 46.8 Å². The largest absolute Gasteiger partial charge is 0.389 e. The van der Waals surface area contributed by atoms with Crippen molar-refractivity contribution in [3.63, 3.8) is 0 Å². The van der Waals surface area contributed by atoms with E-state index in [0.717, 1.165) is 44.3 Å². The van der Waals surface area contributed by atoms with Crippen molar-refractivity contribution in [2.45, 2.75) is 89.4 Å². The first-order valence-corrected chi connectivity index (χ1v) is 8.29. The van der Waals surface area contributed by atoms with Gasteiger partial charge in [-0.2, -0.15) is 0 Å². The highest BCUT2D eigenvalue weighted by Crippen LogP contribution is 2.33. The third-order valence-electron chi connectivity index (χ3n) is 4.79. The van der Waals surface area contributed by atoms with Crippen LogP contribution in [0.4, 0.5) is 0 Å². The molecule has 1 aliphatic carbocycles. The SMILES string of the molecule is CCCC(O)(CCC)CNC1CC(C)N(C2CC2)C1. The van der Waals surface area contributed by atoms with Crippen LogP contribution < -0.4 is 5.32 Å². The summed E-state index contributed by atoms with van der Waals surface area (Å²) in [7, 11) is 0. The third kappa shape index (κ3) is 4.17. The maximum atomic E-state index is 10.6. The first-order chi connectivity index (χ1) is 9.08. The molecular formula is C16H32N2O. The molecule has 3 heteroatoms. The average Bonchev–Trinajstić information content (AvgIpc) is 3.12. The second-order valence-electron chi connectivity index (χ2n) is 6.81. The predicted molar refractivity (Wildman–Crippen MR) is 80.4 cm³/mol. The Morgan fingerprint density at radius 3 is 2.37 bits per heavy atom. The lowest BCUT2D eigenvalue weighted by atomic mass is 9.92. The molecule has 1 saturated carbocycles. The molecule has 0 aromatic carbocycles. The van der Waals surface area contributed by atoms with Crippen LogP contribution in [0.5, 0.6) is 0 Å². The van der Waals surface area contributed by atoms with Crippen LogP contribution in [0.25, 0.3) is 0 Å². The summed E-state index contributed by atoms with van der Waals surface area (Å²) in [6, 6.07) is 2.17. The standard InChI is InChI=1S/C16H32N2O/c1-4-8-16(19,9-5-2)12-17-14-10-13(3)18(11-14)15-6-7-15/h13-15,17,19H,4-12H2,1-3H3. The Morgan fingerprint density at radius 2 is 1.84 bits per heavy atom. The lowest BCUT2D eigenvalue weighted by Gasteiger charge is -2.29. The van der Waals surface area contributed by atoms with Crippen LogP contribution in [0.3, 0.4) is 0 Å². The zero-order chi connectivity index (χ0) is 13.9. The van der Waals surface area contributed by atoms with E-state index in [-0.39, 0.29) is 0 Å². The molecule has 112 valence electrons. The number of hydrogen-bond acceptors (Lipinski definition) is 3. The Bertz CT molecular complexity index is 272. The molecule has 0 bridgehead atoms. The highest BCUT2D eigenvalue weighted by atomic mass is 16.3. The molecule has 0 amide bonds. The van der Waals surface area contributed by atoms with Gasteiger partial charge in [-0.1, -0.05) is 26.7 Å². The quantitative estimate of drug-likeness (QED) is 0.710. The van der Waals surface area contributed by atoms with Crippen LogP contribution >= 0.6 is 0 Å². The van der Waals surface area contributed by atoms with Gasteiger partial charge in [0.2, 0.25) is 0 Å². The first kappa shape index (κ1) is 15.3. The third-order valence-corrected chi connectivity index (χ3v) is 4.79. The van der Waals surface area contributed by atoms with Crippen molar-refractivity contribution in [3.8, 4) is 0 Å². The molecule has 0 aromatic rings. The second-order valence-corrected chi connectivity index (χ2v) is 6.81. The molecular weight excluding hydrogens is 236 g/mol. The normalized spacial score (nSPS) is 29.1. The molecule has 2 N–H and O–H groups in total. The zero-order valence-corrected chi connectivity index (χ0v) is 13.0. The van der Waals surface area contributed by atoms with Gasteiger partial charge in [0.05, 0.1) is 5.60 Å². The van der Waals surface area contributed by atoms with Gasteiger partial charge >= 0.3 is 0 Å². The van der Waals surface area contributed by atoms with Crippen molar-refractivity contribution in [2.75, 3.05) is 13.1 Å². The summed E-state index contributed by atoms with van der Waals surface area (Å²) in [6.07, 6.45) is 8.00. The lowest BCUT2D eigenvalue weighted by Crippen LogP contribution is -2.45. The number of likely N-dealkylation sites (tertiary alicyclic amines) is 1. The molecule has 2 unspecified atom stereocenters. The molecule has 1 heterocycles. The van der Waals surface area contributed by atoms with E-state index in [9.17, 15) is 5.11 Å². The number of nitrogens with one attached hydrogen (secondary N) is 1. The number of nitrogens with zero attached hydrogens (tertiary/aromatic N) is 1. The Kier molecular flexibility index (Phi) is 5.27. The minimum Gasteiger partial charge on any atom is -0.389 e. The van der Waals surface area contributed by atoms with Crippen LogP contribution in [0.2, 0.25) is 0 Å². The summed E-state index contributed by atoms with van der Waals surface area (Å²) in [5.41, 5.74) is -0.486. The summed E-state index contributed by atoms with van der Waals surface area (Å²) in [5, 5.41) is 14.3. The zero-order valence-electron chi connectivity index (χ0n) is 13.0. The van der Waals surface area contributed by atoms with E-state index in [4.69, 9.17) is 0 Å². The maximum absolute atomic E-state index is 10.6. The maximum Gasteiger partial charge on any atom is 0.0771 e. The van der Waals surface area contributed by atoms with Crippen LogP contribution in [0.15, 0.2) is 0 Å². The smallest absolute Gasteiger partial charge is 0.0771 e. The topological polar surface area (TPSA) is 35.5 Å². The van der Waals surface area contributed by atoms with Crippen molar-refractivity contribution in [3.05, 3.63) is 0 Å². The molecule has 19 heavy (non-hydrogen) atoms. The van der Waals surface area contributed by atoms with Crippen molar-refractivity contribution in [1.29, 1.82) is 0 Å². The summed E-state index contributed by atoms with van der Waals surface area (Å²) < 4.78 is 0. The van der Waals surface area contributed by atoms with Crippen molar-refractivity contribution < 1.29 is 5.11 Å². The Hall–Kier alpha value is -0.120. The summed E-state index contributed by atoms with van der Waals surface area (Å²) in [6.45, 7) is 8.62. The van der Waals surface area contributed by atoms with Gasteiger partial charge in [0.1, 0.15) is 0 Å². The summed E-state index contributed by atoms with van der Waals surface area (Å²) >= 11 is 0. The Balaban J connectivity index is 1.77. The fraction of sp³-hybridized carbons (Fsp3) is 1.00. The lowest BCUT2D eigenvalue weighted by molar-refractivity contribution is 0.0194. The van der Waals surface area contributed by atoms with Crippen LogP contribution in [-0.2, 0) is 0 Å². The minimum atomic E-state index is -0.486. The van der Waals surface area contributed by atoms with E-state index >= 15 is 0 Å². The molecule has 3 nitrogen and oxygen atoms in total. The Morgan fingerprint density at radius 1 is 1.21 bits per heavy atom. The van der Waals surface area contributed by atoms with E-state index in [1.54, 1.807) is 0 Å². The van der Waals surface area contributed by atoms with E-state index in [2.05, 4.69) is 31.0 Å². The van der Waals surface area contributed by atoms with Crippen molar-refractivity contribution in [2.24, 2.45) is 0 Å².